The fraction of sp³-hybridized carbons (Fsp3) is 0.364. The Morgan fingerprint density at radius 3 is 2.40 bits per heavy atom. The highest BCUT2D eigenvalue weighted by Crippen LogP contribution is 2.19. The van der Waals surface area contributed by atoms with E-state index in [1.165, 1.54) is 0 Å². The van der Waals surface area contributed by atoms with Gasteiger partial charge in [-0.05, 0) is 74.8 Å². The van der Waals surface area contributed by atoms with Crippen LogP contribution in [0.1, 0.15) is 28.8 Å². The molecule has 8 nitrogen and oxygen atoms in total. The fourth-order valence-electron chi connectivity index (χ4n) is 3.44. The SMILES string of the molecule is CNC(=O)c1ccc(NC(=O)CN2CCC(C(=O)Nc3cc(C)ccn3)CC2)cc1. The van der Waals surface area contributed by atoms with Crippen molar-refractivity contribution in [3.63, 3.8) is 0 Å². The number of nitrogens with zero attached hydrogens (tertiary/aromatic N) is 2. The first-order valence-electron chi connectivity index (χ1n) is 10.0. The summed E-state index contributed by atoms with van der Waals surface area (Å²) in [6, 6.07) is 10.5. The van der Waals surface area contributed by atoms with E-state index in [1.54, 1.807) is 37.5 Å². The van der Waals surface area contributed by atoms with E-state index in [4.69, 9.17) is 0 Å². The van der Waals surface area contributed by atoms with Gasteiger partial charge in [-0.2, -0.15) is 0 Å². The lowest BCUT2D eigenvalue weighted by atomic mass is 9.96. The van der Waals surface area contributed by atoms with Crippen molar-refractivity contribution in [2.24, 2.45) is 5.92 Å². The second-order valence-corrected chi connectivity index (χ2v) is 7.46. The van der Waals surface area contributed by atoms with Crippen LogP contribution in [0.4, 0.5) is 11.5 Å². The van der Waals surface area contributed by atoms with Crippen LogP contribution in [0.25, 0.3) is 0 Å². The van der Waals surface area contributed by atoms with Crippen molar-refractivity contribution in [1.82, 2.24) is 15.2 Å². The maximum absolute atomic E-state index is 12.5. The summed E-state index contributed by atoms with van der Waals surface area (Å²) < 4.78 is 0. The highest BCUT2D eigenvalue weighted by atomic mass is 16.2. The molecular weight excluding hydrogens is 382 g/mol. The van der Waals surface area contributed by atoms with E-state index in [0.717, 1.165) is 5.56 Å². The first kappa shape index (κ1) is 21.4. The van der Waals surface area contributed by atoms with Gasteiger partial charge in [0, 0.05) is 30.4 Å². The summed E-state index contributed by atoms with van der Waals surface area (Å²) in [6.45, 7) is 3.59. The highest BCUT2D eigenvalue weighted by Gasteiger charge is 2.26. The zero-order valence-electron chi connectivity index (χ0n) is 17.3. The predicted octanol–water partition coefficient (Wildman–Crippen LogP) is 2.04. The third-order valence-corrected chi connectivity index (χ3v) is 5.15. The Hall–Kier alpha value is -3.26. The van der Waals surface area contributed by atoms with Crippen LogP contribution in [0.5, 0.6) is 0 Å². The molecule has 0 spiro atoms. The van der Waals surface area contributed by atoms with Gasteiger partial charge in [0.15, 0.2) is 0 Å². The number of amides is 3. The summed E-state index contributed by atoms with van der Waals surface area (Å²) >= 11 is 0. The molecule has 1 saturated heterocycles. The van der Waals surface area contributed by atoms with Crippen molar-refractivity contribution in [1.29, 1.82) is 0 Å². The molecule has 0 aliphatic carbocycles. The summed E-state index contributed by atoms with van der Waals surface area (Å²) in [5, 5.41) is 8.28. The summed E-state index contributed by atoms with van der Waals surface area (Å²) in [5.41, 5.74) is 2.23. The first-order valence-corrected chi connectivity index (χ1v) is 10.0. The Morgan fingerprint density at radius 1 is 1.07 bits per heavy atom. The maximum Gasteiger partial charge on any atom is 0.251 e. The zero-order chi connectivity index (χ0) is 21.5. The summed E-state index contributed by atoms with van der Waals surface area (Å²) in [6.07, 6.45) is 3.08. The molecule has 0 atom stereocenters. The molecule has 1 fully saturated rings. The molecule has 0 radical (unpaired) electrons. The third kappa shape index (κ3) is 5.87. The molecule has 8 heteroatoms. The molecular formula is C22H27N5O3. The number of pyridine rings is 1. The number of likely N-dealkylation sites (tertiary alicyclic amines) is 1. The van der Waals surface area contributed by atoms with Crippen LogP contribution in [-0.4, -0.2) is 54.3 Å². The third-order valence-electron chi connectivity index (χ3n) is 5.15. The van der Waals surface area contributed by atoms with Gasteiger partial charge in [-0.1, -0.05) is 0 Å². The number of piperidine rings is 1. The van der Waals surface area contributed by atoms with Crippen molar-refractivity contribution in [3.8, 4) is 0 Å². The van der Waals surface area contributed by atoms with E-state index in [1.807, 2.05) is 24.0 Å². The van der Waals surface area contributed by atoms with Crippen LogP contribution in [0.15, 0.2) is 42.6 Å². The molecule has 1 aromatic carbocycles. The lowest BCUT2D eigenvalue weighted by Gasteiger charge is -2.30. The van der Waals surface area contributed by atoms with E-state index in [2.05, 4.69) is 20.9 Å². The monoisotopic (exact) mass is 409 g/mol. The van der Waals surface area contributed by atoms with Crippen molar-refractivity contribution in [2.75, 3.05) is 37.3 Å². The topological polar surface area (TPSA) is 103 Å². The number of anilines is 2. The standard InChI is InChI=1S/C22H27N5O3/c1-15-7-10-24-19(13-15)26-22(30)17-8-11-27(12-9-17)14-20(28)25-18-5-3-16(4-6-18)21(29)23-2/h3-7,10,13,17H,8-9,11-12,14H2,1-2H3,(H,23,29)(H,25,28)(H,24,26,30). The molecule has 1 aromatic heterocycles. The quantitative estimate of drug-likeness (QED) is 0.677. The van der Waals surface area contributed by atoms with E-state index >= 15 is 0 Å². The Bertz CT molecular complexity index is 905. The smallest absolute Gasteiger partial charge is 0.251 e. The van der Waals surface area contributed by atoms with Crippen molar-refractivity contribution >= 4 is 29.2 Å². The Labute approximate surface area is 176 Å². The first-order chi connectivity index (χ1) is 14.4. The lowest BCUT2D eigenvalue weighted by molar-refractivity contribution is -0.121. The lowest BCUT2D eigenvalue weighted by Crippen LogP contribution is -2.41. The van der Waals surface area contributed by atoms with Crippen LogP contribution in [0.2, 0.25) is 0 Å². The largest absolute Gasteiger partial charge is 0.355 e. The number of aryl methyl sites for hydroxylation is 1. The van der Waals surface area contributed by atoms with Gasteiger partial charge in [0.1, 0.15) is 5.82 Å². The number of hydrogen-bond donors (Lipinski definition) is 3. The summed E-state index contributed by atoms with van der Waals surface area (Å²) in [7, 11) is 1.57. The van der Waals surface area contributed by atoms with Crippen molar-refractivity contribution in [2.45, 2.75) is 19.8 Å². The highest BCUT2D eigenvalue weighted by molar-refractivity contribution is 5.96. The maximum atomic E-state index is 12.5. The van der Waals surface area contributed by atoms with Crippen LogP contribution in [0, 0.1) is 12.8 Å². The number of aromatic nitrogens is 1. The average molecular weight is 409 g/mol. The second-order valence-electron chi connectivity index (χ2n) is 7.46. The molecule has 30 heavy (non-hydrogen) atoms. The molecule has 3 amide bonds. The van der Waals surface area contributed by atoms with Gasteiger partial charge in [0.05, 0.1) is 6.54 Å². The normalized spacial score (nSPS) is 14.7. The zero-order valence-corrected chi connectivity index (χ0v) is 17.3. The Kier molecular flexibility index (Phi) is 7.13. The van der Waals surface area contributed by atoms with Gasteiger partial charge in [-0.25, -0.2) is 4.98 Å². The minimum atomic E-state index is -0.169. The summed E-state index contributed by atoms with van der Waals surface area (Å²) in [4.78, 5) is 42.6. The molecule has 1 aliphatic heterocycles. The molecule has 158 valence electrons. The predicted molar refractivity (Wildman–Crippen MR) is 115 cm³/mol. The molecule has 2 heterocycles. The minimum absolute atomic E-state index is 0.0200. The summed E-state index contributed by atoms with van der Waals surface area (Å²) in [5.74, 6) is 0.189. The van der Waals surface area contributed by atoms with E-state index < -0.39 is 0 Å². The number of benzene rings is 1. The number of hydrogen-bond acceptors (Lipinski definition) is 5. The number of rotatable bonds is 6. The number of carbonyl (C=O) groups is 3. The van der Waals surface area contributed by atoms with Crippen LogP contribution in [0.3, 0.4) is 0 Å². The van der Waals surface area contributed by atoms with Gasteiger partial charge < -0.3 is 16.0 Å². The van der Waals surface area contributed by atoms with Crippen molar-refractivity contribution < 1.29 is 14.4 Å². The molecule has 0 unspecified atom stereocenters. The molecule has 0 bridgehead atoms. The molecule has 3 N–H and O–H groups in total. The molecule has 2 aromatic rings. The number of nitrogens with one attached hydrogen (secondary N) is 3. The minimum Gasteiger partial charge on any atom is -0.355 e. The van der Waals surface area contributed by atoms with Gasteiger partial charge in [0.25, 0.3) is 5.91 Å². The Morgan fingerprint density at radius 2 is 1.77 bits per heavy atom. The van der Waals surface area contributed by atoms with E-state index in [-0.39, 0.29) is 30.2 Å². The van der Waals surface area contributed by atoms with Gasteiger partial charge in [-0.15, -0.1) is 0 Å². The number of carbonyl (C=O) groups excluding carboxylic acids is 3. The van der Waals surface area contributed by atoms with Gasteiger partial charge in [0.2, 0.25) is 11.8 Å². The fourth-order valence-corrected chi connectivity index (χ4v) is 3.44. The van der Waals surface area contributed by atoms with Gasteiger partial charge >= 0.3 is 0 Å². The van der Waals surface area contributed by atoms with E-state index in [9.17, 15) is 14.4 Å². The van der Waals surface area contributed by atoms with Crippen molar-refractivity contribution in [3.05, 3.63) is 53.7 Å². The van der Waals surface area contributed by atoms with Crippen LogP contribution >= 0.6 is 0 Å². The van der Waals surface area contributed by atoms with Crippen LogP contribution < -0.4 is 16.0 Å². The molecule has 0 saturated carbocycles. The van der Waals surface area contributed by atoms with Gasteiger partial charge in [-0.3, -0.25) is 19.3 Å². The van der Waals surface area contributed by atoms with E-state index in [0.29, 0.717) is 43.0 Å². The Balaban J connectivity index is 1.43. The van der Waals surface area contributed by atoms with Crippen LogP contribution in [-0.2, 0) is 9.59 Å². The average Bonchev–Trinajstić information content (AvgIpc) is 2.74. The second kappa shape index (κ2) is 9.98. The molecule has 3 rings (SSSR count). The molecule has 1 aliphatic rings.